The Morgan fingerprint density at radius 3 is 2.63 bits per heavy atom. The third-order valence-corrected chi connectivity index (χ3v) is 4.67. The summed E-state index contributed by atoms with van der Waals surface area (Å²) in [5, 5.41) is 0.178. The highest BCUT2D eigenvalue weighted by Gasteiger charge is 2.32. The summed E-state index contributed by atoms with van der Waals surface area (Å²) in [4.78, 5) is 0. The van der Waals surface area contributed by atoms with Crippen LogP contribution in [0.5, 0.6) is 0 Å². The summed E-state index contributed by atoms with van der Waals surface area (Å²) >= 11 is 5.72. The summed E-state index contributed by atoms with van der Waals surface area (Å²) in [6, 6.07) is 5.03. The van der Waals surface area contributed by atoms with Crippen molar-refractivity contribution in [2.24, 2.45) is 11.1 Å². The fourth-order valence-corrected chi connectivity index (χ4v) is 3.11. The quantitative estimate of drug-likeness (QED) is 0.782. The monoisotopic (exact) mass is 283 g/mol. The molecule has 0 bridgehead atoms. The summed E-state index contributed by atoms with van der Waals surface area (Å²) in [6.45, 7) is 4.61. The molecule has 1 aromatic carbocycles. The van der Waals surface area contributed by atoms with Gasteiger partial charge in [0.15, 0.2) is 0 Å². The summed E-state index contributed by atoms with van der Waals surface area (Å²) < 4.78 is 13.5. The Morgan fingerprint density at radius 2 is 1.95 bits per heavy atom. The van der Waals surface area contributed by atoms with Gasteiger partial charge in [-0.25, -0.2) is 4.39 Å². The molecule has 1 aromatic rings. The molecule has 0 amide bonds. The van der Waals surface area contributed by atoms with Gasteiger partial charge in [-0.2, -0.15) is 0 Å². The van der Waals surface area contributed by atoms with Gasteiger partial charge in [0.2, 0.25) is 0 Å². The second-order valence-electron chi connectivity index (χ2n) is 6.81. The van der Waals surface area contributed by atoms with Crippen molar-refractivity contribution in [2.45, 2.75) is 57.9 Å². The largest absolute Gasteiger partial charge is 0.325 e. The van der Waals surface area contributed by atoms with Crippen molar-refractivity contribution in [3.05, 3.63) is 34.6 Å². The first-order valence-electron chi connectivity index (χ1n) is 7.03. The summed E-state index contributed by atoms with van der Waals surface area (Å²) in [5.41, 5.74) is 7.67. The Kier molecular flexibility index (Phi) is 4.22. The maximum Gasteiger partial charge on any atom is 0.142 e. The van der Waals surface area contributed by atoms with Gasteiger partial charge >= 0.3 is 0 Å². The van der Waals surface area contributed by atoms with Crippen LogP contribution in [0.15, 0.2) is 18.2 Å². The van der Waals surface area contributed by atoms with Crippen LogP contribution in [0.3, 0.4) is 0 Å². The summed E-state index contributed by atoms with van der Waals surface area (Å²) in [5.74, 6) is -0.350. The number of nitrogens with two attached hydrogens (primary N) is 1. The lowest BCUT2D eigenvalue weighted by molar-refractivity contribution is 0.297. The fourth-order valence-electron chi connectivity index (χ4n) is 2.99. The minimum absolute atomic E-state index is 0.178. The lowest BCUT2D eigenvalue weighted by Crippen LogP contribution is -2.41. The lowest BCUT2D eigenvalue weighted by Gasteiger charge is -2.29. The van der Waals surface area contributed by atoms with Crippen molar-refractivity contribution in [1.82, 2.24) is 0 Å². The molecule has 2 N–H and O–H groups in total. The highest BCUT2D eigenvalue weighted by molar-refractivity contribution is 6.30. The van der Waals surface area contributed by atoms with E-state index in [1.165, 1.54) is 12.5 Å². The topological polar surface area (TPSA) is 26.0 Å². The molecule has 2 rings (SSSR count). The van der Waals surface area contributed by atoms with Gasteiger partial charge in [0.25, 0.3) is 0 Å². The summed E-state index contributed by atoms with van der Waals surface area (Å²) in [6.07, 6.45) is 6.27. The molecule has 3 heteroatoms. The van der Waals surface area contributed by atoms with Crippen molar-refractivity contribution in [3.63, 3.8) is 0 Å². The minimum Gasteiger partial charge on any atom is -0.325 e. The van der Waals surface area contributed by atoms with Gasteiger partial charge in [0.1, 0.15) is 5.82 Å². The average molecular weight is 284 g/mol. The van der Waals surface area contributed by atoms with Crippen molar-refractivity contribution < 1.29 is 4.39 Å². The fraction of sp³-hybridized carbons (Fsp3) is 0.625. The van der Waals surface area contributed by atoms with Gasteiger partial charge in [-0.05, 0) is 55.2 Å². The maximum atomic E-state index is 13.5. The SMILES string of the molecule is CC1(C)CCCC(N)(Cc2ccc(Cl)c(F)c2)CC1. The van der Waals surface area contributed by atoms with Gasteiger partial charge in [-0.3, -0.25) is 0 Å². The van der Waals surface area contributed by atoms with Crippen molar-refractivity contribution in [2.75, 3.05) is 0 Å². The molecule has 1 saturated carbocycles. The second-order valence-corrected chi connectivity index (χ2v) is 7.21. The van der Waals surface area contributed by atoms with Crippen LogP contribution in [0.4, 0.5) is 4.39 Å². The molecule has 106 valence electrons. The van der Waals surface area contributed by atoms with Crippen LogP contribution in [0.2, 0.25) is 5.02 Å². The Morgan fingerprint density at radius 1 is 1.21 bits per heavy atom. The molecule has 0 aliphatic heterocycles. The van der Waals surface area contributed by atoms with Crippen LogP contribution in [0.25, 0.3) is 0 Å². The van der Waals surface area contributed by atoms with E-state index in [1.807, 2.05) is 6.07 Å². The number of hydrogen-bond acceptors (Lipinski definition) is 1. The van der Waals surface area contributed by atoms with E-state index in [1.54, 1.807) is 6.07 Å². The van der Waals surface area contributed by atoms with Gasteiger partial charge in [-0.15, -0.1) is 0 Å². The Bertz CT molecular complexity index is 458. The van der Waals surface area contributed by atoms with E-state index in [9.17, 15) is 4.39 Å². The molecule has 0 radical (unpaired) electrons. The van der Waals surface area contributed by atoms with Gasteiger partial charge in [0.05, 0.1) is 5.02 Å². The molecule has 1 unspecified atom stereocenters. The zero-order valence-electron chi connectivity index (χ0n) is 11.8. The number of rotatable bonds is 2. The van der Waals surface area contributed by atoms with E-state index < -0.39 is 0 Å². The molecule has 1 aliphatic rings. The second kappa shape index (κ2) is 5.41. The van der Waals surface area contributed by atoms with Crippen LogP contribution in [-0.2, 0) is 6.42 Å². The van der Waals surface area contributed by atoms with E-state index in [0.29, 0.717) is 5.41 Å². The molecular formula is C16H23ClFN. The number of benzene rings is 1. The molecule has 0 heterocycles. The first kappa shape index (κ1) is 14.8. The first-order chi connectivity index (χ1) is 8.80. The van der Waals surface area contributed by atoms with E-state index in [0.717, 1.165) is 37.7 Å². The molecular weight excluding hydrogens is 261 g/mol. The van der Waals surface area contributed by atoms with E-state index in [-0.39, 0.29) is 16.4 Å². The van der Waals surface area contributed by atoms with Crippen LogP contribution in [0, 0.1) is 11.2 Å². The zero-order valence-corrected chi connectivity index (χ0v) is 12.6. The number of halogens is 2. The van der Waals surface area contributed by atoms with E-state index in [2.05, 4.69) is 13.8 Å². The Labute approximate surface area is 120 Å². The zero-order chi connectivity index (χ0) is 14.1. The first-order valence-corrected chi connectivity index (χ1v) is 7.40. The van der Waals surface area contributed by atoms with Crippen LogP contribution in [0.1, 0.15) is 51.5 Å². The van der Waals surface area contributed by atoms with Crippen LogP contribution < -0.4 is 5.73 Å². The molecule has 0 saturated heterocycles. The molecule has 1 aliphatic carbocycles. The molecule has 19 heavy (non-hydrogen) atoms. The van der Waals surface area contributed by atoms with Gasteiger partial charge in [0, 0.05) is 5.54 Å². The van der Waals surface area contributed by atoms with Gasteiger partial charge in [-0.1, -0.05) is 37.9 Å². The lowest BCUT2D eigenvalue weighted by atomic mass is 9.81. The number of hydrogen-bond donors (Lipinski definition) is 1. The van der Waals surface area contributed by atoms with Crippen LogP contribution >= 0.6 is 11.6 Å². The average Bonchev–Trinajstić information content (AvgIpc) is 2.44. The smallest absolute Gasteiger partial charge is 0.142 e. The Hall–Kier alpha value is -0.600. The maximum absolute atomic E-state index is 13.5. The van der Waals surface area contributed by atoms with Gasteiger partial charge < -0.3 is 5.73 Å². The molecule has 0 aromatic heterocycles. The summed E-state index contributed by atoms with van der Waals surface area (Å²) in [7, 11) is 0. The normalized spacial score (nSPS) is 27.0. The van der Waals surface area contributed by atoms with Crippen LogP contribution in [-0.4, -0.2) is 5.54 Å². The Balaban J connectivity index is 2.10. The van der Waals surface area contributed by atoms with Crippen molar-refractivity contribution in [3.8, 4) is 0 Å². The minimum atomic E-state index is -0.350. The van der Waals surface area contributed by atoms with E-state index >= 15 is 0 Å². The highest BCUT2D eigenvalue weighted by atomic mass is 35.5. The molecule has 1 nitrogen and oxygen atoms in total. The highest BCUT2D eigenvalue weighted by Crippen LogP contribution is 2.38. The molecule has 1 atom stereocenters. The predicted octanol–water partition coefficient (Wildman–Crippen LogP) is 4.71. The van der Waals surface area contributed by atoms with Crippen molar-refractivity contribution >= 4 is 11.6 Å². The predicted molar refractivity (Wildman–Crippen MR) is 78.9 cm³/mol. The third-order valence-electron chi connectivity index (χ3n) is 4.37. The third kappa shape index (κ3) is 3.93. The molecule has 0 spiro atoms. The molecule has 1 fully saturated rings. The standard InChI is InChI=1S/C16H23ClFN/c1-15(2)6-3-7-16(19,9-8-15)11-12-4-5-13(17)14(18)10-12/h4-5,10H,3,6-9,11,19H2,1-2H3. The van der Waals surface area contributed by atoms with Crippen molar-refractivity contribution in [1.29, 1.82) is 0 Å². The van der Waals surface area contributed by atoms with E-state index in [4.69, 9.17) is 17.3 Å².